The summed E-state index contributed by atoms with van der Waals surface area (Å²) in [6, 6.07) is 9.91. The zero-order valence-electron chi connectivity index (χ0n) is 14.4. The molecule has 0 aliphatic carbocycles. The summed E-state index contributed by atoms with van der Waals surface area (Å²) in [4.78, 5) is 12.6. The fraction of sp³-hybridized carbons (Fsp3) is 0.118. The molecule has 0 fully saturated rings. The maximum atomic E-state index is 13.0. The molecule has 11 heteroatoms. The van der Waals surface area contributed by atoms with Crippen LogP contribution in [0, 0.1) is 5.82 Å². The Labute approximate surface area is 173 Å². The zero-order chi connectivity index (χ0) is 20.3. The number of hydrogen-bond donors (Lipinski definition) is 2. The van der Waals surface area contributed by atoms with E-state index in [1.54, 1.807) is 19.1 Å². The Morgan fingerprint density at radius 3 is 2.57 bits per heavy atom. The molecule has 1 heterocycles. The van der Waals surface area contributed by atoms with Crippen molar-refractivity contribution >= 4 is 48.3 Å². The number of sulfonamides is 1. The topological polar surface area (TPSA) is 101 Å². The van der Waals surface area contributed by atoms with Crippen molar-refractivity contribution in [2.45, 2.75) is 11.8 Å². The van der Waals surface area contributed by atoms with E-state index < -0.39 is 15.9 Å². The summed E-state index contributed by atoms with van der Waals surface area (Å²) in [7, 11) is -3.70. The van der Waals surface area contributed by atoms with Gasteiger partial charge in [-0.3, -0.25) is 10.1 Å². The zero-order valence-corrected chi connectivity index (χ0v) is 17.7. The summed E-state index contributed by atoms with van der Waals surface area (Å²) < 4.78 is 40.2. The van der Waals surface area contributed by atoms with Crippen LogP contribution < -0.4 is 10.0 Å². The first-order valence-corrected chi connectivity index (χ1v) is 11.1. The molecule has 0 aliphatic heterocycles. The standard InChI is InChI=1S/C17H14BrFN4O3S2/c1-2-20-28(25,26)12-7-8-14(18)13(9-12)15(24)21-17-23-22-16(27-17)10-3-5-11(19)6-4-10/h3-9,20H,2H2,1H3,(H,21,23,24). The van der Waals surface area contributed by atoms with E-state index in [1.807, 2.05) is 0 Å². The fourth-order valence-corrected chi connectivity index (χ4v) is 4.50. The molecule has 7 nitrogen and oxygen atoms in total. The van der Waals surface area contributed by atoms with Crippen LogP contribution in [0.1, 0.15) is 17.3 Å². The number of nitrogens with zero attached hydrogens (tertiary/aromatic N) is 2. The summed E-state index contributed by atoms with van der Waals surface area (Å²) >= 11 is 4.37. The minimum Gasteiger partial charge on any atom is -0.296 e. The molecule has 3 rings (SSSR count). The predicted molar refractivity (Wildman–Crippen MR) is 108 cm³/mol. The molecule has 0 saturated carbocycles. The fourth-order valence-electron chi connectivity index (χ4n) is 2.27. The lowest BCUT2D eigenvalue weighted by atomic mass is 10.2. The number of hydrogen-bond acceptors (Lipinski definition) is 6. The van der Waals surface area contributed by atoms with Gasteiger partial charge in [0, 0.05) is 16.6 Å². The highest BCUT2D eigenvalue weighted by Crippen LogP contribution is 2.28. The van der Waals surface area contributed by atoms with Gasteiger partial charge in [0.25, 0.3) is 5.91 Å². The van der Waals surface area contributed by atoms with Crippen molar-refractivity contribution in [1.82, 2.24) is 14.9 Å². The maximum absolute atomic E-state index is 13.0. The van der Waals surface area contributed by atoms with Crippen molar-refractivity contribution in [1.29, 1.82) is 0 Å². The van der Waals surface area contributed by atoms with Crippen molar-refractivity contribution in [3.8, 4) is 10.6 Å². The molecule has 3 aromatic rings. The SMILES string of the molecule is CCNS(=O)(=O)c1ccc(Br)c(C(=O)Nc2nnc(-c3ccc(F)cc3)s2)c1. The highest BCUT2D eigenvalue weighted by molar-refractivity contribution is 9.10. The second-order valence-corrected chi connectivity index (χ2v) is 9.12. The van der Waals surface area contributed by atoms with Crippen LogP contribution in [-0.2, 0) is 10.0 Å². The van der Waals surface area contributed by atoms with E-state index in [2.05, 4.69) is 36.2 Å². The van der Waals surface area contributed by atoms with Gasteiger partial charge in [0.15, 0.2) is 0 Å². The molecular weight excluding hydrogens is 471 g/mol. The van der Waals surface area contributed by atoms with Gasteiger partial charge in [-0.05, 0) is 58.4 Å². The lowest BCUT2D eigenvalue weighted by Crippen LogP contribution is -2.23. The van der Waals surface area contributed by atoms with Gasteiger partial charge in [-0.1, -0.05) is 18.3 Å². The average Bonchev–Trinajstić information content (AvgIpc) is 3.10. The lowest BCUT2D eigenvalue weighted by Gasteiger charge is -2.08. The molecule has 1 aromatic heterocycles. The Hall–Kier alpha value is -2.21. The quantitative estimate of drug-likeness (QED) is 0.555. The van der Waals surface area contributed by atoms with Crippen molar-refractivity contribution in [2.24, 2.45) is 0 Å². The van der Waals surface area contributed by atoms with Crippen molar-refractivity contribution in [3.63, 3.8) is 0 Å². The average molecular weight is 485 g/mol. The van der Waals surface area contributed by atoms with E-state index >= 15 is 0 Å². The molecule has 2 aromatic carbocycles. The number of amides is 1. The van der Waals surface area contributed by atoms with Crippen LogP contribution in [0.4, 0.5) is 9.52 Å². The first-order valence-electron chi connectivity index (χ1n) is 8.00. The van der Waals surface area contributed by atoms with Crippen LogP contribution in [0.5, 0.6) is 0 Å². The Bertz CT molecular complexity index is 1120. The third-order valence-corrected chi connectivity index (χ3v) is 6.69. The maximum Gasteiger partial charge on any atom is 0.258 e. The lowest BCUT2D eigenvalue weighted by molar-refractivity contribution is 0.102. The second kappa shape index (κ2) is 8.43. The molecule has 0 atom stereocenters. The third-order valence-electron chi connectivity index (χ3n) is 3.56. The molecule has 0 unspecified atom stereocenters. The third kappa shape index (κ3) is 4.61. The molecule has 146 valence electrons. The molecule has 0 saturated heterocycles. The highest BCUT2D eigenvalue weighted by atomic mass is 79.9. The minimum atomic E-state index is -3.70. The van der Waals surface area contributed by atoms with Crippen LogP contribution in [0.15, 0.2) is 51.8 Å². The Kier molecular flexibility index (Phi) is 6.18. The molecule has 0 aliphatic rings. The molecule has 0 spiro atoms. The van der Waals surface area contributed by atoms with E-state index in [1.165, 1.54) is 30.3 Å². The van der Waals surface area contributed by atoms with Gasteiger partial charge in [0.2, 0.25) is 15.2 Å². The molecule has 0 bridgehead atoms. The summed E-state index contributed by atoms with van der Waals surface area (Å²) in [6.45, 7) is 1.90. The van der Waals surface area contributed by atoms with Crippen LogP contribution in [-0.4, -0.2) is 31.1 Å². The van der Waals surface area contributed by atoms with Gasteiger partial charge in [-0.15, -0.1) is 10.2 Å². The number of carbonyl (C=O) groups excluding carboxylic acids is 1. The van der Waals surface area contributed by atoms with E-state index in [9.17, 15) is 17.6 Å². The molecule has 28 heavy (non-hydrogen) atoms. The van der Waals surface area contributed by atoms with Crippen LogP contribution in [0.3, 0.4) is 0 Å². The number of aromatic nitrogens is 2. The highest BCUT2D eigenvalue weighted by Gasteiger charge is 2.19. The van der Waals surface area contributed by atoms with Crippen molar-refractivity contribution in [3.05, 3.63) is 58.3 Å². The first-order chi connectivity index (χ1) is 13.3. The normalized spacial score (nSPS) is 11.4. The van der Waals surface area contributed by atoms with Gasteiger partial charge in [0.05, 0.1) is 10.5 Å². The number of benzene rings is 2. The number of halogens is 2. The largest absolute Gasteiger partial charge is 0.296 e. The number of carbonyl (C=O) groups is 1. The molecule has 1 amide bonds. The van der Waals surface area contributed by atoms with Gasteiger partial charge < -0.3 is 0 Å². The smallest absolute Gasteiger partial charge is 0.258 e. The minimum absolute atomic E-state index is 0.0213. The van der Waals surface area contributed by atoms with Crippen molar-refractivity contribution < 1.29 is 17.6 Å². The van der Waals surface area contributed by atoms with Gasteiger partial charge in [-0.2, -0.15) is 0 Å². The van der Waals surface area contributed by atoms with Gasteiger partial charge in [-0.25, -0.2) is 17.5 Å². The van der Waals surface area contributed by atoms with Gasteiger partial charge >= 0.3 is 0 Å². The second-order valence-electron chi connectivity index (χ2n) is 5.52. The van der Waals surface area contributed by atoms with Crippen LogP contribution in [0.2, 0.25) is 0 Å². The first kappa shape index (κ1) is 20.5. The van der Waals surface area contributed by atoms with Crippen LogP contribution in [0.25, 0.3) is 10.6 Å². The Balaban J connectivity index is 1.83. The number of anilines is 1. The summed E-state index contributed by atoms with van der Waals surface area (Å²) in [5, 5.41) is 11.2. The van der Waals surface area contributed by atoms with E-state index in [-0.39, 0.29) is 28.0 Å². The van der Waals surface area contributed by atoms with Crippen molar-refractivity contribution in [2.75, 3.05) is 11.9 Å². The van der Waals surface area contributed by atoms with Crippen LogP contribution >= 0.6 is 27.3 Å². The van der Waals surface area contributed by atoms with E-state index in [4.69, 9.17) is 0 Å². The summed E-state index contributed by atoms with van der Waals surface area (Å²) in [5.41, 5.74) is 0.803. The monoisotopic (exact) mass is 484 g/mol. The Morgan fingerprint density at radius 2 is 1.89 bits per heavy atom. The molecular formula is C17H14BrFN4O3S2. The molecule has 2 N–H and O–H groups in total. The summed E-state index contributed by atoms with van der Waals surface area (Å²) in [6.07, 6.45) is 0. The van der Waals surface area contributed by atoms with E-state index in [0.29, 0.717) is 15.0 Å². The van der Waals surface area contributed by atoms with E-state index in [0.717, 1.165) is 11.3 Å². The summed E-state index contributed by atoms with van der Waals surface area (Å²) in [5.74, 6) is -0.902. The number of nitrogens with one attached hydrogen (secondary N) is 2. The Morgan fingerprint density at radius 1 is 1.18 bits per heavy atom. The number of rotatable bonds is 6. The predicted octanol–water partition coefficient (Wildman–Crippen LogP) is 3.66. The molecule has 0 radical (unpaired) electrons. The van der Waals surface area contributed by atoms with Gasteiger partial charge in [0.1, 0.15) is 10.8 Å².